The first-order valence-corrected chi connectivity index (χ1v) is 5.80. The van der Waals surface area contributed by atoms with Crippen LogP contribution in [0.15, 0.2) is 24.3 Å². The summed E-state index contributed by atoms with van der Waals surface area (Å²) in [6, 6.07) is 8.39. The molecule has 2 rings (SSSR count). The summed E-state index contributed by atoms with van der Waals surface area (Å²) < 4.78 is 0. The third kappa shape index (κ3) is 2.31. The molecule has 1 aromatic carbocycles. The fourth-order valence-electron chi connectivity index (χ4n) is 2.15. The molecular weight excluding hydrogens is 208 g/mol. The van der Waals surface area contributed by atoms with Gasteiger partial charge >= 0.3 is 0 Å². The molecule has 2 heteroatoms. The molecule has 0 unspecified atom stereocenters. The third-order valence-corrected chi connectivity index (χ3v) is 3.05. The van der Waals surface area contributed by atoms with E-state index in [9.17, 15) is 0 Å². The van der Waals surface area contributed by atoms with Crippen molar-refractivity contribution >= 4 is 5.82 Å². The number of pyridine rings is 1. The largest absolute Gasteiger partial charge is 0.384 e. The minimum Gasteiger partial charge on any atom is -0.384 e. The van der Waals surface area contributed by atoms with E-state index < -0.39 is 0 Å². The highest BCUT2D eigenvalue weighted by atomic mass is 14.8. The smallest absolute Gasteiger partial charge is 0.124 e. The SMILES string of the molecule is Cc1cc(C)cc(-c2nc(N)cc(C)c2C)c1. The molecule has 0 atom stereocenters. The molecule has 0 radical (unpaired) electrons. The summed E-state index contributed by atoms with van der Waals surface area (Å²) >= 11 is 0. The van der Waals surface area contributed by atoms with Gasteiger partial charge in [0.2, 0.25) is 0 Å². The van der Waals surface area contributed by atoms with Gasteiger partial charge in [0.25, 0.3) is 0 Å². The Morgan fingerprint density at radius 3 is 2.06 bits per heavy atom. The van der Waals surface area contributed by atoms with E-state index in [4.69, 9.17) is 5.73 Å². The van der Waals surface area contributed by atoms with Crippen LogP contribution in [0.2, 0.25) is 0 Å². The van der Waals surface area contributed by atoms with E-state index >= 15 is 0 Å². The topological polar surface area (TPSA) is 38.9 Å². The molecule has 2 N–H and O–H groups in total. The molecule has 0 amide bonds. The highest BCUT2D eigenvalue weighted by Gasteiger charge is 2.08. The van der Waals surface area contributed by atoms with Crippen molar-refractivity contribution in [2.45, 2.75) is 27.7 Å². The van der Waals surface area contributed by atoms with E-state index in [1.54, 1.807) is 0 Å². The van der Waals surface area contributed by atoms with Crippen LogP contribution in [-0.4, -0.2) is 4.98 Å². The van der Waals surface area contributed by atoms with E-state index in [2.05, 4.69) is 50.9 Å². The second-order valence-electron chi connectivity index (χ2n) is 4.71. The zero-order valence-corrected chi connectivity index (χ0v) is 10.8. The van der Waals surface area contributed by atoms with Crippen LogP contribution in [0, 0.1) is 27.7 Å². The highest BCUT2D eigenvalue weighted by molar-refractivity contribution is 5.67. The first-order chi connectivity index (χ1) is 7.97. The molecule has 88 valence electrons. The molecule has 1 heterocycles. The van der Waals surface area contributed by atoms with E-state index in [1.165, 1.54) is 22.3 Å². The Balaban J connectivity index is 2.67. The van der Waals surface area contributed by atoms with Crippen molar-refractivity contribution in [2.24, 2.45) is 0 Å². The van der Waals surface area contributed by atoms with Crippen LogP contribution >= 0.6 is 0 Å². The zero-order valence-electron chi connectivity index (χ0n) is 10.8. The Morgan fingerprint density at radius 1 is 0.882 bits per heavy atom. The minimum absolute atomic E-state index is 0.585. The van der Waals surface area contributed by atoms with Gasteiger partial charge in [-0.2, -0.15) is 0 Å². The van der Waals surface area contributed by atoms with Crippen LogP contribution in [0.4, 0.5) is 5.82 Å². The Bertz CT molecular complexity index is 551. The third-order valence-electron chi connectivity index (χ3n) is 3.05. The van der Waals surface area contributed by atoms with Gasteiger partial charge in [-0.05, 0) is 57.0 Å². The van der Waals surface area contributed by atoms with Gasteiger partial charge in [0.1, 0.15) is 5.82 Å². The van der Waals surface area contributed by atoms with Gasteiger partial charge in [-0.3, -0.25) is 0 Å². The maximum atomic E-state index is 5.83. The van der Waals surface area contributed by atoms with E-state index in [0.29, 0.717) is 5.82 Å². The molecule has 0 bridgehead atoms. The first kappa shape index (κ1) is 11.6. The number of aryl methyl sites for hydroxylation is 3. The quantitative estimate of drug-likeness (QED) is 0.807. The maximum absolute atomic E-state index is 5.83. The number of nitrogens with two attached hydrogens (primary N) is 1. The van der Waals surface area contributed by atoms with Gasteiger partial charge in [0.05, 0.1) is 5.69 Å². The second-order valence-corrected chi connectivity index (χ2v) is 4.71. The Hall–Kier alpha value is -1.83. The summed E-state index contributed by atoms with van der Waals surface area (Å²) in [7, 11) is 0. The van der Waals surface area contributed by atoms with Crippen molar-refractivity contribution in [2.75, 3.05) is 5.73 Å². The Labute approximate surface area is 103 Å². The summed E-state index contributed by atoms with van der Waals surface area (Å²) in [6.45, 7) is 8.37. The van der Waals surface area contributed by atoms with Crippen molar-refractivity contribution in [3.05, 3.63) is 46.5 Å². The fraction of sp³-hybridized carbons (Fsp3) is 0.267. The lowest BCUT2D eigenvalue weighted by Gasteiger charge is -2.11. The van der Waals surface area contributed by atoms with Gasteiger partial charge in [0, 0.05) is 5.56 Å². The summed E-state index contributed by atoms with van der Waals surface area (Å²) in [4.78, 5) is 4.46. The summed E-state index contributed by atoms with van der Waals surface area (Å²) in [5.74, 6) is 0.585. The standard InChI is InChI=1S/C15H18N2/c1-9-5-10(2)7-13(6-9)15-12(4)11(3)8-14(16)17-15/h5-8H,1-4H3,(H2,16,17). The predicted octanol–water partition coefficient (Wildman–Crippen LogP) is 3.56. The molecule has 2 aromatic rings. The van der Waals surface area contributed by atoms with Gasteiger partial charge < -0.3 is 5.73 Å². The van der Waals surface area contributed by atoms with Crippen LogP contribution in [-0.2, 0) is 0 Å². The lowest BCUT2D eigenvalue weighted by atomic mass is 9.99. The molecule has 0 saturated heterocycles. The molecule has 17 heavy (non-hydrogen) atoms. The Kier molecular flexibility index (Phi) is 2.88. The molecule has 0 aliphatic carbocycles. The maximum Gasteiger partial charge on any atom is 0.124 e. The molecular formula is C15H18N2. The second kappa shape index (κ2) is 4.21. The van der Waals surface area contributed by atoms with Crippen LogP contribution in [0.3, 0.4) is 0 Å². The first-order valence-electron chi connectivity index (χ1n) is 5.80. The summed E-state index contributed by atoms with van der Waals surface area (Å²) in [6.07, 6.45) is 0. The van der Waals surface area contributed by atoms with E-state index in [0.717, 1.165) is 11.3 Å². The number of hydrogen-bond donors (Lipinski definition) is 1. The van der Waals surface area contributed by atoms with E-state index in [-0.39, 0.29) is 0 Å². The number of hydrogen-bond acceptors (Lipinski definition) is 2. The van der Waals surface area contributed by atoms with Crippen LogP contribution in [0.1, 0.15) is 22.3 Å². The molecule has 0 spiro atoms. The molecule has 0 aliphatic rings. The van der Waals surface area contributed by atoms with Crippen molar-refractivity contribution < 1.29 is 0 Å². The van der Waals surface area contributed by atoms with Gasteiger partial charge in [0.15, 0.2) is 0 Å². The summed E-state index contributed by atoms with van der Waals surface area (Å²) in [5, 5.41) is 0. The zero-order chi connectivity index (χ0) is 12.6. The van der Waals surface area contributed by atoms with Gasteiger partial charge in [-0.15, -0.1) is 0 Å². The van der Waals surface area contributed by atoms with Gasteiger partial charge in [-0.1, -0.05) is 17.2 Å². The average molecular weight is 226 g/mol. The number of anilines is 1. The minimum atomic E-state index is 0.585. The van der Waals surface area contributed by atoms with Crippen LogP contribution in [0.5, 0.6) is 0 Å². The lowest BCUT2D eigenvalue weighted by Crippen LogP contribution is -1.98. The average Bonchev–Trinajstić information content (AvgIpc) is 2.22. The summed E-state index contributed by atoms with van der Waals surface area (Å²) in [5.41, 5.74) is 12.9. The molecule has 0 saturated carbocycles. The number of nitrogen functional groups attached to an aromatic ring is 1. The van der Waals surface area contributed by atoms with Crippen molar-refractivity contribution in [3.8, 4) is 11.3 Å². The Morgan fingerprint density at radius 2 is 1.47 bits per heavy atom. The van der Waals surface area contributed by atoms with Crippen molar-refractivity contribution in [3.63, 3.8) is 0 Å². The molecule has 0 fully saturated rings. The fourth-order valence-corrected chi connectivity index (χ4v) is 2.15. The normalized spacial score (nSPS) is 10.6. The molecule has 0 aliphatic heterocycles. The molecule has 2 nitrogen and oxygen atoms in total. The number of nitrogens with zero attached hydrogens (tertiary/aromatic N) is 1. The lowest BCUT2D eigenvalue weighted by molar-refractivity contribution is 1.22. The van der Waals surface area contributed by atoms with Gasteiger partial charge in [-0.25, -0.2) is 4.98 Å². The van der Waals surface area contributed by atoms with Crippen molar-refractivity contribution in [1.29, 1.82) is 0 Å². The monoisotopic (exact) mass is 226 g/mol. The number of aromatic nitrogens is 1. The van der Waals surface area contributed by atoms with E-state index in [1.807, 2.05) is 6.07 Å². The highest BCUT2D eigenvalue weighted by Crippen LogP contribution is 2.26. The molecule has 1 aromatic heterocycles. The van der Waals surface area contributed by atoms with Crippen molar-refractivity contribution in [1.82, 2.24) is 4.98 Å². The number of benzene rings is 1. The number of rotatable bonds is 1. The predicted molar refractivity (Wildman–Crippen MR) is 73.0 cm³/mol. The van der Waals surface area contributed by atoms with Crippen LogP contribution < -0.4 is 5.73 Å². The van der Waals surface area contributed by atoms with Crippen LogP contribution in [0.25, 0.3) is 11.3 Å².